The Balaban J connectivity index is 2.20. The predicted octanol–water partition coefficient (Wildman–Crippen LogP) is 3.22. The Bertz CT molecular complexity index is 262. The van der Waals surface area contributed by atoms with Crippen molar-refractivity contribution in [3.8, 4) is 0 Å². The number of hydrogen-bond acceptors (Lipinski definition) is 3. The zero-order chi connectivity index (χ0) is 13.4. The SMILES string of the molecule is C=CCC[C@H](O)CC1OC(=O)C1CCCCCC. The van der Waals surface area contributed by atoms with E-state index in [1.807, 2.05) is 0 Å². The van der Waals surface area contributed by atoms with Crippen LogP contribution in [0.15, 0.2) is 12.7 Å². The summed E-state index contributed by atoms with van der Waals surface area (Å²) in [7, 11) is 0. The number of cyclic esters (lactones) is 1. The van der Waals surface area contributed by atoms with Crippen LogP contribution in [0.1, 0.15) is 58.3 Å². The Labute approximate surface area is 110 Å². The Morgan fingerprint density at radius 2 is 2.22 bits per heavy atom. The zero-order valence-electron chi connectivity index (χ0n) is 11.4. The van der Waals surface area contributed by atoms with Crippen LogP contribution in [0.25, 0.3) is 0 Å². The van der Waals surface area contributed by atoms with E-state index < -0.39 is 0 Å². The van der Waals surface area contributed by atoms with Crippen molar-refractivity contribution in [1.29, 1.82) is 0 Å². The second-order valence-corrected chi connectivity index (χ2v) is 5.19. The minimum absolute atomic E-state index is 0.0280. The summed E-state index contributed by atoms with van der Waals surface area (Å²) < 4.78 is 5.13. The van der Waals surface area contributed by atoms with Gasteiger partial charge in [0.1, 0.15) is 6.10 Å². The Kier molecular flexibility index (Phi) is 7.02. The zero-order valence-corrected chi connectivity index (χ0v) is 11.4. The number of unbranched alkanes of at least 4 members (excludes halogenated alkanes) is 3. The van der Waals surface area contributed by atoms with Gasteiger partial charge in [-0.1, -0.05) is 38.7 Å². The molecule has 0 saturated carbocycles. The number of hydrogen-bond donors (Lipinski definition) is 1. The van der Waals surface area contributed by atoms with Gasteiger partial charge < -0.3 is 9.84 Å². The largest absolute Gasteiger partial charge is 0.461 e. The molecule has 0 aromatic heterocycles. The maximum Gasteiger partial charge on any atom is 0.313 e. The molecule has 3 atom stereocenters. The molecule has 104 valence electrons. The third-order valence-corrected chi connectivity index (χ3v) is 3.60. The standard InChI is InChI=1S/C15H26O3/c1-3-5-7-8-10-13-14(18-15(13)17)11-12(16)9-6-4-2/h4,12-14,16H,2-3,5-11H2,1H3/t12-,13?,14?/m0/s1. The second kappa shape index (κ2) is 8.30. The van der Waals surface area contributed by atoms with Crippen molar-refractivity contribution in [2.75, 3.05) is 0 Å². The first kappa shape index (κ1) is 15.2. The fraction of sp³-hybridized carbons (Fsp3) is 0.800. The van der Waals surface area contributed by atoms with Crippen molar-refractivity contribution in [3.63, 3.8) is 0 Å². The first-order chi connectivity index (χ1) is 8.69. The van der Waals surface area contributed by atoms with Crippen molar-refractivity contribution in [1.82, 2.24) is 0 Å². The van der Waals surface area contributed by atoms with Gasteiger partial charge >= 0.3 is 5.97 Å². The highest BCUT2D eigenvalue weighted by atomic mass is 16.6. The Morgan fingerprint density at radius 3 is 2.83 bits per heavy atom. The van der Waals surface area contributed by atoms with E-state index in [-0.39, 0.29) is 24.1 Å². The fourth-order valence-electron chi connectivity index (χ4n) is 2.40. The monoisotopic (exact) mass is 254 g/mol. The maximum absolute atomic E-state index is 11.4. The molecule has 1 N–H and O–H groups in total. The van der Waals surface area contributed by atoms with Crippen molar-refractivity contribution in [3.05, 3.63) is 12.7 Å². The number of rotatable bonds is 10. The maximum atomic E-state index is 11.4. The summed E-state index contributed by atoms with van der Waals surface area (Å²) in [6, 6.07) is 0. The summed E-state index contributed by atoms with van der Waals surface area (Å²) in [5.41, 5.74) is 0. The van der Waals surface area contributed by atoms with E-state index in [2.05, 4.69) is 13.5 Å². The van der Waals surface area contributed by atoms with Crippen molar-refractivity contribution >= 4 is 5.97 Å². The van der Waals surface area contributed by atoms with Crippen molar-refractivity contribution in [2.45, 2.75) is 70.5 Å². The lowest BCUT2D eigenvalue weighted by molar-refractivity contribution is -0.188. The fourth-order valence-corrected chi connectivity index (χ4v) is 2.40. The highest BCUT2D eigenvalue weighted by Gasteiger charge is 2.42. The molecule has 0 bridgehead atoms. The lowest BCUT2D eigenvalue weighted by Crippen LogP contribution is -2.46. The van der Waals surface area contributed by atoms with Gasteiger partial charge in [0.25, 0.3) is 0 Å². The van der Waals surface area contributed by atoms with Gasteiger partial charge in [-0.25, -0.2) is 0 Å². The quantitative estimate of drug-likeness (QED) is 0.370. The average Bonchev–Trinajstić information content (AvgIpc) is 2.35. The Morgan fingerprint density at radius 1 is 1.44 bits per heavy atom. The third-order valence-electron chi connectivity index (χ3n) is 3.60. The minimum atomic E-state index is -0.376. The van der Waals surface area contributed by atoms with E-state index in [9.17, 15) is 9.90 Å². The molecular weight excluding hydrogens is 228 g/mol. The van der Waals surface area contributed by atoms with E-state index in [0.717, 1.165) is 19.3 Å². The number of carbonyl (C=O) groups is 1. The van der Waals surface area contributed by atoms with Crippen LogP contribution in [-0.4, -0.2) is 23.3 Å². The molecule has 0 aromatic carbocycles. The summed E-state index contributed by atoms with van der Waals surface area (Å²) in [6.07, 6.45) is 9.10. The van der Waals surface area contributed by atoms with Gasteiger partial charge in [-0.15, -0.1) is 6.58 Å². The van der Waals surface area contributed by atoms with Gasteiger partial charge in [0.2, 0.25) is 0 Å². The van der Waals surface area contributed by atoms with Crippen LogP contribution in [0.3, 0.4) is 0 Å². The smallest absolute Gasteiger partial charge is 0.313 e. The van der Waals surface area contributed by atoms with E-state index in [0.29, 0.717) is 12.8 Å². The molecule has 0 spiro atoms. The number of esters is 1. The predicted molar refractivity (Wildman–Crippen MR) is 72.2 cm³/mol. The van der Waals surface area contributed by atoms with Crippen LogP contribution < -0.4 is 0 Å². The summed E-state index contributed by atoms with van der Waals surface area (Å²) >= 11 is 0. The van der Waals surface area contributed by atoms with Crippen LogP contribution >= 0.6 is 0 Å². The van der Waals surface area contributed by atoms with Crippen LogP contribution in [0.2, 0.25) is 0 Å². The molecule has 2 unspecified atom stereocenters. The molecule has 0 amide bonds. The molecule has 3 nitrogen and oxygen atoms in total. The molecule has 1 fully saturated rings. The second-order valence-electron chi connectivity index (χ2n) is 5.19. The normalized spacial score (nSPS) is 24.2. The lowest BCUT2D eigenvalue weighted by Gasteiger charge is -2.36. The topological polar surface area (TPSA) is 46.5 Å². The van der Waals surface area contributed by atoms with Crippen LogP contribution in [0.4, 0.5) is 0 Å². The molecule has 0 aliphatic carbocycles. The van der Waals surface area contributed by atoms with Crippen molar-refractivity contribution in [2.24, 2.45) is 5.92 Å². The van der Waals surface area contributed by atoms with Gasteiger partial charge in [0, 0.05) is 6.42 Å². The first-order valence-corrected chi connectivity index (χ1v) is 7.18. The van der Waals surface area contributed by atoms with E-state index >= 15 is 0 Å². The van der Waals surface area contributed by atoms with E-state index in [1.54, 1.807) is 6.08 Å². The van der Waals surface area contributed by atoms with Gasteiger partial charge in [0.15, 0.2) is 0 Å². The Hall–Kier alpha value is -0.830. The highest BCUT2D eigenvalue weighted by molar-refractivity contribution is 5.78. The molecule has 1 aliphatic rings. The van der Waals surface area contributed by atoms with Crippen LogP contribution in [0.5, 0.6) is 0 Å². The molecule has 1 saturated heterocycles. The van der Waals surface area contributed by atoms with Gasteiger partial charge in [-0.05, 0) is 19.3 Å². The number of aliphatic hydroxyl groups is 1. The van der Waals surface area contributed by atoms with E-state index in [4.69, 9.17) is 4.74 Å². The summed E-state index contributed by atoms with van der Waals surface area (Å²) in [5.74, 6) is -0.0485. The molecule has 0 aromatic rings. The number of allylic oxidation sites excluding steroid dienone is 1. The van der Waals surface area contributed by atoms with Gasteiger partial charge in [-0.3, -0.25) is 4.79 Å². The minimum Gasteiger partial charge on any atom is -0.461 e. The molecule has 1 aliphatic heterocycles. The van der Waals surface area contributed by atoms with Gasteiger partial charge in [-0.2, -0.15) is 0 Å². The molecular formula is C15H26O3. The molecule has 1 rings (SSSR count). The van der Waals surface area contributed by atoms with Crippen molar-refractivity contribution < 1.29 is 14.6 Å². The number of carbonyl (C=O) groups excluding carboxylic acids is 1. The average molecular weight is 254 g/mol. The summed E-state index contributed by atoms with van der Waals surface area (Å²) in [6.45, 7) is 5.81. The summed E-state index contributed by atoms with van der Waals surface area (Å²) in [5, 5.41) is 9.79. The lowest BCUT2D eigenvalue weighted by atomic mass is 9.87. The third kappa shape index (κ3) is 4.81. The van der Waals surface area contributed by atoms with Crippen LogP contribution in [-0.2, 0) is 9.53 Å². The highest BCUT2D eigenvalue weighted by Crippen LogP contribution is 2.31. The number of ether oxygens (including phenoxy) is 1. The number of aliphatic hydroxyl groups excluding tert-OH is 1. The first-order valence-electron chi connectivity index (χ1n) is 7.18. The van der Waals surface area contributed by atoms with E-state index in [1.165, 1.54) is 19.3 Å². The van der Waals surface area contributed by atoms with Crippen LogP contribution in [0, 0.1) is 5.92 Å². The molecule has 1 heterocycles. The van der Waals surface area contributed by atoms with Gasteiger partial charge in [0.05, 0.1) is 12.0 Å². The molecule has 3 heteroatoms. The summed E-state index contributed by atoms with van der Waals surface area (Å²) in [4.78, 5) is 11.4. The molecule has 18 heavy (non-hydrogen) atoms. The molecule has 0 radical (unpaired) electrons.